The maximum atomic E-state index is 12.7. The summed E-state index contributed by atoms with van der Waals surface area (Å²) >= 11 is 0. The van der Waals surface area contributed by atoms with Crippen LogP contribution in [0.3, 0.4) is 0 Å². The largest absolute Gasteiger partial charge is 0.461 e. The van der Waals surface area contributed by atoms with Gasteiger partial charge in [-0.1, -0.05) is 48.0 Å². The highest BCUT2D eigenvalue weighted by molar-refractivity contribution is 5.91. The van der Waals surface area contributed by atoms with E-state index in [-0.39, 0.29) is 5.54 Å². The Hall–Kier alpha value is -2.92. The van der Waals surface area contributed by atoms with Gasteiger partial charge in [0.2, 0.25) is 0 Å². The summed E-state index contributed by atoms with van der Waals surface area (Å²) in [5.41, 5.74) is 5.07. The number of para-hydroxylation sites is 1. The van der Waals surface area contributed by atoms with Crippen LogP contribution in [0.1, 0.15) is 49.3 Å². The van der Waals surface area contributed by atoms with E-state index in [1.807, 2.05) is 35.0 Å². The molecule has 0 aliphatic heterocycles. The van der Waals surface area contributed by atoms with Crippen LogP contribution in [-0.4, -0.2) is 27.9 Å². The number of hydrogen-bond acceptors (Lipinski definition) is 4. The molecule has 152 valence electrons. The predicted octanol–water partition coefficient (Wildman–Crippen LogP) is 4.91. The Bertz CT molecular complexity index is 968. The highest BCUT2D eigenvalue weighted by Gasteiger charge is 2.26. The van der Waals surface area contributed by atoms with Gasteiger partial charge < -0.3 is 10.1 Å². The first-order chi connectivity index (χ1) is 13.8. The lowest BCUT2D eigenvalue weighted by atomic mass is 10.0. The van der Waals surface area contributed by atoms with Gasteiger partial charge in [-0.25, -0.2) is 9.48 Å². The van der Waals surface area contributed by atoms with Crippen LogP contribution in [0.2, 0.25) is 0 Å². The van der Waals surface area contributed by atoms with Gasteiger partial charge in [0.15, 0.2) is 5.69 Å². The van der Waals surface area contributed by atoms with Crippen molar-refractivity contribution in [3.8, 4) is 16.9 Å². The second-order valence-corrected chi connectivity index (χ2v) is 8.11. The topological polar surface area (TPSA) is 56.1 Å². The highest BCUT2D eigenvalue weighted by Crippen LogP contribution is 2.30. The first-order valence-electron chi connectivity index (χ1n) is 9.96. The molecule has 0 fully saturated rings. The summed E-state index contributed by atoms with van der Waals surface area (Å²) in [7, 11) is 0. The summed E-state index contributed by atoms with van der Waals surface area (Å²) in [5, 5.41) is 8.20. The smallest absolute Gasteiger partial charge is 0.359 e. The normalized spacial score (nSPS) is 11.5. The molecule has 3 aromatic rings. The molecule has 0 saturated heterocycles. The van der Waals surface area contributed by atoms with E-state index in [2.05, 4.69) is 57.3 Å². The molecular weight excluding hydrogens is 362 g/mol. The number of nitrogens with one attached hydrogen (secondary N) is 1. The number of ether oxygens (including phenoxy) is 1. The number of aryl methyl sites for hydroxylation is 1. The van der Waals surface area contributed by atoms with Crippen molar-refractivity contribution in [2.24, 2.45) is 0 Å². The Labute approximate surface area is 172 Å². The minimum absolute atomic E-state index is 0.106. The summed E-state index contributed by atoms with van der Waals surface area (Å²) in [4.78, 5) is 12.7. The lowest BCUT2D eigenvalue weighted by Gasteiger charge is -2.21. The van der Waals surface area contributed by atoms with Crippen LogP contribution in [0.25, 0.3) is 16.9 Å². The van der Waals surface area contributed by atoms with E-state index in [0.717, 1.165) is 22.5 Å². The van der Waals surface area contributed by atoms with Crippen LogP contribution in [0.4, 0.5) is 0 Å². The van der Waals surface area contributed by atoms with Crippen LogP contribution >= 0.6 is 0 Å². The lowest BCUT2D eigenvalue weighted by Crippen LogP contribution is -2.35. The Kier molecular flexibility index (Phi) is 6.18. The fourth-order valence-electron chi connectivity index (χ4n) is 3.10. The van der Waals surface area contributed by atoms with Gasteiger partial charge in [-0.15, -0.1) is 0 Å². The zero-order valence-electron chi connectivity index (χ0n) is 17.8. The predicted molar refractivity (Wildman–Crippen MR) is 116 cm³/mol. The number of carbonyl (C=O) groups is 1. The molecule has 1 N–H and O–H groups in total. The fraction of sp³-hybridized carbons (Fsp3) is 0.333. The molecule has 0 radical (unpaired) electrons. The number of carbonyl (C=O) groups excluding carboxylic acids is 1. The standard InChI is InChI=1S/C24H29N3O2/c1-6-29-23(28)21-20(16-25-24(3,4)5)22(18-14-12-17(2)13-15-18)27(26-21)19-10-8-7-9-11-19/h7-15,25H,6,16H2,1-5H3. The number of nitrogens with zero attached hydrogens (tertiary/aromatic N) is 2. The molecule has 1 heterocycles. The summed E-state index contributed by atoms with van der Waals surface area (Å²) in [6.07, 6.45) is 0. The number of benzene rings is 2. The average Bonchev–Trinajstić information content (AvgIpc) is 3.07. The number of aromatic nitrogens is 2. The molecule has 0 amide bonds. The third-order valence-electron chi connectivity index (χ3n) is 4.57. The monoisotopic (exact) mass is 391 g/mol. The van der Waals surface area contributed by atoms with Crippen molar-refractivity contribution in [3.05, 3.63) is 71.4 Å². The Morgan fingerprint density at radius 2 is 1.72 bits per heavy atom. The maximum Gasteiger partial charge on any atom is 0.359 e. The van der Waals surface area contributed by atoms with Gasteiger partial charge in [-0.05, 0) is 46.8 Å². The summed E-state index contributed by atoms with van der Waals surface area (Å²) in [6.45, 7) is 11.0. The molecule has 0 atom stereocenters. The van der Waals surface area contributed by atoms with Gasteiger partial charge in [0.25, 0.3) is 0 Å². The third-order valence-corrected chi connectivity index (χ3v) is 4.57. The molecule has 1 aromatic heterocycles. The minimum Gasteiger partial charge on any atom is -0.461 e. The maximum absolute atomic E-state index is 12.7. The second kappa shape index (κ2) is 8.62. The molecule has 2 aromatic carbocycles. The van der Waals surface area contributed by atoms with E-state index < -0.39 is 5.97 Å². The zero-order chi connectivity index (χ0) is 21.0. The van der Waals surface area contributed by atoms with Crippen LogP contribution in [0.5, 0.6) is 0 Å². The van der Waals surface area contributed by atoms with Crippen molar-refractivity contribution < 1.29 is 9.53 Å². The van der Waals surface area contributed by atoms with Crippen molar-refractivity contribution in [1.29, 1.82) is 0 Å². The minimum atomic E-state index is -0.402. The summed E-state index contributed by atoms with van der Waals surface area (Å²) < 4.78 is 7.16. The Morgan fingerprint density at radius 3 is 2.31 bits per heavy atom. The first kappa shape index (κ1) is 20.8. The second-order valence-electron chi connectivity index (χ2n) is 8.11. The summed E-state index contributed by atoms with van der Waals surface area (Å²) in [5.74, 6) is -0.402. The van der Waals surface area contributed by atoms with Gasteiger partial charge in [0, 0.05) is 23.2 Å². The molecule has 5 nitrogen and oxygen atoms in total. The van der Waals surface area contributed by atoms with Crippen molar-refractivity contribution >= 4 is 5.97 Å². The van der Waals surface area contributed by atoms with E-state index >= 15 is 0 Å². The highest BCUT2D eigenvalue weighted by atomic mass is 16.5. The van der Waals surface area contributed by atoms with E-state index in [0.29, 0.717) is 18.8 Å². The molecule has 0 bridgehead atoms. The van der Waals surface area contributed by atoms with E-state index in [1.54, 1.807) is 6.92 Å². The number of hydrogen-bond donors (Lipinski definition) is 1. The fourth-order valence-corrected chi connectivity index (χ4v) is 3.10. The van der Waals surface area contributed by atoms with Gasteiger partial charge in [0.05, 0.1) is 18.0 Å². The molecule has 0 unspecified atom stereocenters. The number of esters is 1. The van der Waals surface area contributed by atoms with Gasteiger partial charge in [-0.2, -0.15) is 5.10 Å². The van der Waals surface area contributed by atoms with Gasteiger partial charge in [0.1, 0.15) is 0 Å². The van der Waals surface area contributed by atoms with Crippen LogP contribution in [-0.2, 0) is 11.3 Å². The molecule has 0 spiro atoms. The zero-order valence-corrected chi connectivity index (χ0v) is 17.8. The Morgan fingerprint density at radius 1 is 1.07 bits per heavy atom. The van der Waals surface area contributed by atoms with Crippen molar-refractivity contribution in [2.45, 2.75) is 46.7 Å². The molecule has 0 aliphatic rings. The van der Waals surface area contributed by atoms with Crippen LogP contribution < -0.4 is 5.32 Å². The van der Waals surface area contributed by atoms with Crippen molar-refractivity contribution in [2.75, 3.05) is 6.61 Å². The van der Waals surface area contributed by atoms with Crippen LogP contribution in [0, 0.1) is 6.92 Å². The first-order valence-corrected chi connectivity index (χ1v) is 9.96. The van der Waals surface area contributed by atoms with Crippen molar-refractivity contribution in [1.82, 2.24) is 15.1 Å². The lowest BCUT2D eigenvalue weighted by molar-refractivity contribution is 0.0517. The van der Waals surface area contributed by atoms with E-state index in [9.17, 15) is 4.79 Å². The van der Waals surface area contributed by atoms with Gasteiger partial charge in [-0.3, -0.25) is 0 Å². The van der Waals surface area contributed by atoms with Gasteiger partial charge >= 0.3 is 5.97 Å². The molecular formula is C24H29N3O2. The van der Waals surface area contributed by atoms with Crippen molar-refractivity contribution in [3.63, 3.8) is 0 Å². The number of rotatable bonds is 6. The Balaban J connectivity index is 2.24. The molecule has 3 rings (SSSR count). The summed E-state index contributed by atoms with van der Waals surface area (Å²) in [6, 6.07) is 18.2. The molecule has 0 saturated carbocycles. The molecule has 29 heavy (non-hydrogen) atoms. The average molecular weight is 392 g/mol. The molecule has 0 aliphatic carbocycles. The molecule has 5 heteroatoms. The van der Waals surface area contributed by atoms with E-state index in [4.69, 9.17) is 9.84 Å². The SMILES string of the molecule is CCOC(=O)c1nn(-c2ccccc2)c(-c2ccc(C)cc2)c1CNC(C)(C)C. The van der Waals surface area contributed by atoms with Crippen LogP contribution in [0.15, 0.2) is 54.6 Å². The third kappa shape index (κ3) is 4.93. The van der Waals surface area contributed by atoms with E-state index in [1.165, 1.54) is 5.56 Å². The quantitative estimate of drug-likeness (QED) is 0.607.